The summed E-state index contributed by atoms with van der Waals surface area (Å²) in [4.78, 5) is 0.378. The Labute approximate surface area is 102 Å². The van der Waals surface area contributed by atoms with Gasteiger partial charge in [0.15, 0.2) is 9.84 Å². The number of hydrogen-bond donors (Lipinski definition) is 0. The lowest BCUT2D eigenvalue weighted by Crippen LogP contribution is -2.05. The highest BCUT2D eigenvalue weighted by Crippen LogP contribution is 2.18. The second-order valence-electron chi connectivity index (χ2n) is 4.00. The molecule has 2 aromatic carbocycles. The van der Waals surface area contributed by atoms with Crippen LogP contribution >= 0.6 is 0 Å². The van der Waals surface area contributed by atoms with E-state index in [1.165, 1.54) is 0 Å². The molecule has 0 N–H and O–H groups in total. The summed E-state index contributed by atoms with van der Waals surface area (Å²) in [6.07, 6.45) is 0. The molecule has 2 aromatic rings. The molecule has 0 atom stereocenters. The van der Waals surface area contributed by atoms with Gasteiger partial charge >= 0.3 is 0 Å². The van der Waals surface area contributed by atoms with E-state index in [9.17, 15) is 8.42 Å². The van der Waals surface area contributed by atoms with E-state index in [2.05, 4.69) is 0 Å². The van der Waals surface area contributed by atoms with E-state index in [-0.39, 0.29) is 5.75 Å². The smallest absolute Gasteiger partial charge is 0.182 e. The fourth-order valence-corrected chi connectivity index (χ4v) is 3.16. The van der Waals surface area contributed by atoms with Gasteiger partial charge in [-0.15, -0.1) is 0 Å². The lowest BCUT2D eigenvalue weighted by molar-refractivity contribution is 0.595. The zero-order valence-electron chi connectivity index (χ0n) is 9.63. The van der Waals surface area contributed by atoms with E-state index in [1.54, 1.807) is 24.3 Å². The predicted molar refractivity (Wildman–Crippen MR) is 68.5 cm³/mol. The van der Waals surface area contributed by atoms with Gasteiger partial charge in [-0.25, -0.2) is 8.42 Å². The number of sulfone groups is 1. The van der Waals surface area contributed by atoms with Gasteiger partial charge in [-0.2, -0.15) is 0 Å². The van der Waals surface area contributed by atoms with Crippen molar-refractivity contribution in [3.63, 3.8) is 0 Å². The van der Waals surface area contributed by atoms with Gasteiger partial charge < -0.3 is 0 Å². The minimum Gasteiger partial charge on any atom is -0.223 e. The summed E-state index contributed by atoms with van der Waals surface area (Å²) in [6, 6.07) is 16.1. The highest BCUT2D eigenvalue weighted by molar-refractivity contribution is 7.90. The molecule has 0 bridgehead atoms. The predicted octanol–water partition coefficient (Wildman–Crippen LogP) is 2.97. The van der Waals surface area contributed by atoms with Crippen LogP contribution in [0.3, 0.4) is 0 Å². The van der Waals surface area contributed by atoms with Gasteiger partial charge in [-0.05, 0) is 30.2 Å². The average molecular weight is 246 g/mol. The van der Waals surface area contributed by atoms with Crippen molar-refractivity contribution >= 4 is 9.84 Å². The van der Waals surface area contributed by atoms with Crippen LogP contribution in [0, 0.1) is 6.92 Å². The van der Waals surface area contributed by atoms with Crippen molar-refractivity contribution in [1.82, 2.24) is 0 Å². The highest BCUT2D eigenvalue weighted by Gasteiger charge is 2.15. The molecular weight excluding hydrogens is 232 g/mol. The van der Waals surface area contributed by atoms with Crippen molar-refractivity contribution in [3.05, 3.63) is 65.7 Å². The Morgan fingerprint density at radius 2 is 1.47 bits per heavy atom. The SMILES string of the molecule is Cc1ccccc1CS(=O)(=O)c1ccccc1. The van der Waals surface area contributed by atoms with E-state index < -0.39 is 9.84 Å². The van der Waals surface area contributed by atoms with Crippen molar-refractivity contribution in [2.45, 2.75) is 17.6 Å². The number of benzene rings is 2. The van der Waals surface area contributed by atoms with Crippen LogP contribution in [-0.2, 0) is 15.6 Å². The summed E-state index contributed by atoms with van der Waals surface area (Å²) >= 11 is 0. The van der Waals surface area contributed by atoms with Gasteiger partial charge in [0.05, 0.1) is 10.6 Å². The molecule has 0 radical (unpaired) electrons. The van der Waals surface area contributed by atoms with Gasteiger partial charge in [0.1, 0.15) is 0 Å². The van der Waals surface area contributed by atoms with E-state index >= 15 is 0 Å². The van der Waals surface area contributed by atoms with Gasteiger partial charge in [0.2, 0.25) is 0 Å². The molecule has 0 saturated heterocycles. The molecule has 0 fully saturated rings. The molecule has 2 rings (SSSR count). The monoisotopic (exact) mass is 246 g/mol. The number of aryl methyl sites for hydroxylation is 1. The first kappa shape index (κ1) is 11.9. The highest BCUT2D eigenvalue weighted by atomic mass is 32.2. The van der Waals surface area contributed by atoms with Crippen molar-refractivity contribution in [2.24, 2.45) is 0 Å². The third-order valence-electron chi connectivity index (χ3n) is 2.71. The zero-order valence-corrected chi connectivity index (χ0v) is 10.4. The lowest BCUT2D eigenvalue weighted by Gasteiger charge is -2.07. The maximum Gasteiger partial charge on any atom is 0.182 e. The Morgan fingerprint density at radius 1 is 0.882 bits per heavy atom. The molecular formula is C14H14O2S. The first-order valence-corrected chi connectivity index (χ1v) is 7.07. The second kappa shape index (κ2) is 4.72. The maximum absolute atomic E-state index is 12.2. The summed E-state index contributed by atoms with van der Waals surface area (Å²) in [5, 5.41) is 0. The summed E-state index contributed by atoms with van der Waals surface area (Å²) in [5.41, 5.74) is 1.86. The maximum atomic E-state index is 12.2. The average Bonchev–Trinajstić information content (AvgIpc) is 2.33. The lowest BCUT2D eigenvalue weighted by atomic mass is 10.1. The third kappa shape index (κ3) is 2.74. The molecule has 88 valence electrons. The Kier molecular flexibility index (Phi) is 3.29. The molecule has 0 aromatic heterocycles. The van der Waals surface area contributed by atoms with Gasteiger partial charge in [0.25, 0.3) is 0 Å². The van der Waals surface area contributed by atoms with Crippen LogP contribution < -0.4 is 0 Å². The molecule has 0 unspecified atom stereocenters. The van der Waals surface area contributed by atoms with Crippen LogP contribution in [0.1, 0.15) is 11.1 Å². The normalized spacial score (nSPS) is 11.4. The fraction of sp³-hybridized carbons (Fsp3) is 0.143. The summed E-state index contributed by atoms with van der Waals surface area (Å²) < 4.78 is 24.3. The molecule has 0 spiro atoms. The van der Waals surface area contributed by atoms with Crippen molar-refractivity contribution < 1.29 is 8.42 Å². The van der Waals surface area contributed by atoms with Crippen LogP contribution in [0.5, 0.6) is 0 Å². The van der Waals surface area contributed by atoms with Crippen LogP contribution in [0.15, 0.2) is 59.5 Å². The Balaban J connectivity index is 2.34. The molecule has 0 aliphatic rings. The largest absolute Gasteiger partial charge is 0.223 e. The Hall–Kier alpha value is -1.61. The first-order chi connectivity index (χ1) is 8.09. The Bertz CT molecular complexity index is 601. The quantitative estimate of drug-likeness (QED) is 0.834. The van der Waals surface area contributed by atoms with Crippen molar-refractivity contribution in [1.29, 1.82) is 0 Å². The number of hydrogen-bond acceptors (Lipinski definition) is 2. The number of rotatable bonds is 3. The van der Waals surface area contributed by atoms with Crippen molar-refractivity contribution in [2.75, 3.05) is 0 Å². The molecule has 0 saturated carbocycles. The molecule has 0 amide bonds. The molecule has 0 aliphatic carbocycles. The van der Waals surface area contributed by atoms with E-state index in [1.807, 2.05) is 37.3 Å². The molecule has 2 nitrogen and oxygen atoms in total. The van der Waals surface area contributed by atoms with Crippen LogP contribution in [0.4, 0.5) is 0 Å². The molecule has 0 aliphatic heterocycles. The molecule has 3 heteroatoms. The van der Waals surface area contributed by atoms with E-state index in [0.29, 0.717) is 4.90 Å². The minimum absolute atomic E-state index is 0.0592. The zero-order chi connectivity index (χ0) is 12.3. The van der Waals surface area contributed by atoms with E-state index in [0.717, 1.165) is 11.1 Å². The van der Waals surface area contributed by atoms with Gasteiger partial charge in [0, 0.05) is 0 Å². The first-order valence-electron chi connectivity index (χ1n) is 5.42. The van der Waals surface area contributed by atoms with Gasteiger partial charge in [-0.3, -0.25) is 0 Å². The fourth-order valence-electron chi connectivity index (χ4n) is 1.69. The summed E-state index contributed by atoms with van der Waals surface area (Å²) in [5.74, 6) is 0.0592. The topological polar surface area (TPSA) is 34.1 Å². The molecule has 17 heavy (non-hydrogen) atoms. The summed E-state index contributed by atoms with van der Waals surface area (Å²) in [6.45, 7) is 1.93. The second-order valence-corrected chi connectivity index (χ2v) is 5.99. The van der Waals surface area contributed by atoms with E-state index in [4.69, 9.17) is 0 Å². The van der Waals surface area contributed by atoms with Gasteiger partial charge in [-0.1, -0.05) is 42.5 Å². The minimum atomic E-state index is -3.24. The summed E-state index contributed by atoms with van der Waals surface area (Å²) in [7, 11) is -3.24. The van der Waals surface area contributed by atoms with Crippen molar-refractivity contribution in [3.8, 4) is 0 Å². The third-order valence-corrected chi connectivity index (χ3v) is 4.39. The standard InChI is InChI=1S/C14H14O2S/c1-12-7-5-6-8-13(12)11-17(15,16)14-9-3-2-4-10-14/h2-10H,11H2,1H3. The van der Waals surface area contributed by atoms with Crippen LogP contribution in [0.25, 0.3) is 0 Å². The Morgan fingerprint density at radius 3 is 2.12 bits per heavy atom. The molecule has 0 heterocycles. The van der Waals surface area contributed by atoms with Crippen LogP contribution in [0.2, 0.25) is 0 Å². The van der Waals surface area contributed by atoms with Crippen LogP contribution in [-0.4, -0.2) is 8.42 Å².